The van der Waals surface area contributed by atoms with Gasteiger partial charge in [0.15, 0.2) is 0 Å². The quantitative estimate of drug-likeness (QED) is 0.722. The van der Waals surface area contributed by atoms with E-state index in [1.165, 1.54) is 18.4 Å². The van der Waals surface area contributed by atoms with Crippen molar-refractivity contribution in [1.82, 2.24) is 0 Å². The lowest BCUT2D eigenvalue weighted by Gasteiger charge is -2.12. The van der Waals surface area contributed by atoms with Crippen molar-refractivity contribution in [3.8, 4) is 11.5 Å². The van der Waals surface area contributed by atoms with E-state index < -0.39 is 0 Å². The molecule has 1 atom stereocenters. The molecule has 1 fully saturated rings. The molecule has 0 aromatic heterocycles. The first-order valence-electron chi connectivity index (χ1n) is 6.09. The molecule has 0 saturated heterocycles. The Hall–Kier alpha value is -0.890. The van der Waals surface area contributed by atoms with Gasteiger partial charge in [-0.15, -0.1) is 11.6 Å². The predicted octanol–water partition coefficient (Wildman–Crippen LogP) is 3.65. The molecule has 1 saturated carbocycles. The standard InChI is InChI=1S/C14H19ClO2/c1-16-12-6-8-14(17-2)11(9-12)5-7-13(15)10-3-4-10/h6,8-10,13H,3-5,7H2,1-2H3. The average Bonchev–Trinajstić information content (AvgIpc) is 3.19. The third-order valence-corrected chi connectivity index (χ3v) is 3.89. The second-order valence-electron chi connectivity index (χ2n) is 4.57. The number of hydrogen-bond donors (Lipinski definition) is 0. The summed E-state index contributed by atoms with van der Waals surface area (Å²) in [6.45, 7) is 0. The molecule has 1 aliphatic rings. The molecule has 17 heavy (non-hydrogen) atoms. The van der Waals surface area contributed by atoms with Gasteiger partial charge < -0.3 is 9.47 Å². The molecule has 94 valence electrons. The fourth-order valence-corrected chi connectivity index (χ4v) is 2.43. The number of rotatable bonds is 6. The van der Waals surface area contributed by atoms with Crippen LogP contribution in [0.1, 0.15) is 24.8 Å². The van der Waals surface area contributed by atoms with E-state index in [2.05, 4.69) is 0 Å². The van der Waals surface area contributed by atoms with Gasteiger partial charge in [0.1, 0.15) is 11.5 Å². The monoisotopic (exact) mass is 254 g/mol. The summed E-state index contributed by atoms with van der Waals surface area (Å²) in [5.74, 6) is 2.54. The first kappa shape index (κ1) is 12.6. The Kier molecular flexibility index (Phi) is 4.16. The first-order chi connectivity index (χ1) is 8.24. The van der Waals surface area contributed by atoms with E-state index in [0.717, 1.165) is 30.3 Å². The zero-order chi connectivity index (χ0) is 12.3. The number of methoxy groups -OCH3 is 2. The second kappa shape index (κ2) is 5.63. The van der Waals surface area contributed by atoms with Crippen LogP contribution in [0.4, 0.5) is 0 Å². The minimum Gasteiger partial charge on any atom is -0.497 e. The van der Waals surface area contributed by atoms with E-state index in [-0.39, 0.29) is 0 Å². The van der Waals surface area contributed by atoms with Crippen molar-refractivity contribution in [1.29, 1.82) is 0 Å². The van der Waals surface area contributed by atoms with Gasteiger partial charge in [0.25, 0.3) is 0 Å². The molecule has 1 aromatic rings. The van der Waals surface area contributed by atoms with Crippen LogP contribution < -0.4 is 9.47 Å². The lowest BCUT2D eigenvalue weighted by molar-refractivity contribution is 0.398. The van der Waals surface area contributed by atoms with Crippen LogP contribution in [0.5, 0.6) is 11.5 Å². The maximum atomic E-state index is 6.33. The lowest BCUT2D eigenvalue weighted by atomic mass is 10.0. The van der Waals surface area contributed by atoms with Crippen molar-refractivity contribution < 1.29 is 9.47 Å². The molecule has 1 unspecified atom stereocenters. The molecule has 0 bridgehead atoms. The van der Waals surface area contributed by atoms with Crippen LogP contribution in [-0.4, -0.2) is 19.6 Å². The summed E-state index contributed by atoms with van der Waals surface area (Å²) in [6.07, 6.45) is 4.55. The summed E-state index contributed by atoms with van der Waals surface area (Å²) in [4.78, 5) is 0. The highest BCUT2D eigenvalue weighted by molar-refractivity contribution is 6.20. The highest BCUT2D eigenvalue weighted by atomic mass is 35.5. The SMILES string of the molecule is COc1ccc(OC)c(CCC(Cl)C2CC2)c1. The van der Waals surface area contributed by atoms with Gasteiger partial charge in [-0.2, -0.15) is 0 Å². The van der Waals surface area contributed by atoms with Gasteiger partial charge in [-0.05, 0) is 55.4 Å². The summed E-state index contributed by atoms with van der Waals surface area (Å²) < 4.78 is 10.6. The van der Waals surface area contributed by atoms with Gasteiger partial charge in [0, 0.05) is 5.38 Å². The van der Waals surface area contributed by atoms with Crippen molar-refractivity contribution in [3.63, 3.8) is 0 Å². The van der Waals surface area contributed by atoms with Crippen LogP contribution in [0.2, 0.25) is 0 Å². The zero-order valence-electron chi connectivity index (χ0n) is 10.4. The van der Waals surface area contributed by atoms with Crippen molar-refractivity contribution in [2.45, 2.75) is 31.1 Å². The largest absolute Gasteiger partial charge is 0.497 e. The summed E-state index contributed by atoms with van der Waals surface area (Å²) >= 11 is 6.33. The third kappa shape index (κ3) is 3.29. The topological polar surface area (TPSA) is 18.5 Å². The van der Waals surface area contributed by atoms with Gasteiger partial charge in [0.05, 0.1) is 14.2 Å². The summed E-state index contributed by atoms with van der Waals surface area (Å²) in [6, 6.07) is 5.91. The number of benzene rings is 1. The Morgan fingerprint density at radius 1 is 1.29 bits per heavy atom. The van der Waals surface area contributed by atoms with E-state index >= 15 is 0 Å². The minimum atomic E-state index is 0.311. The van der Waals surface area contributed by atoms with Crippen molar-refractivity contribution in [2.24, 2.45) is 5.92 Å². The van der Waals surface area contributed by atoms with Crippen LogP contribution in [0.25, 0.3) is 0 Å². The van der Waals surface area contributed by atoms with E-state index in [1.54, 1.807) is 14.2 Å². The molecule has 0 spiro atoms. The highest BCUT2D eigenvalue weighted by Gasteiger charge is 2.29. The van der Waals surface area contributed by atoms with E-state index in [4.69, 9.17) is 21.1 Å². The van der Waals surface area contributed by atoms with E-state index in [9.17, 15) is 0 Å². The molecular formula is C14H19ClO2. The first-order valence-corrected chi connectivity index (χ1v) is 6.53. The van der Waals surface area contributed by atoms with E-state index in [0.29, 0.717) is 5.38 Å². The normalized spacial score (nSPS) is 16.6. The predicted molar refractivity (Wildman–Crippen MR) is 70.2 cm³/mol. The Labute approximate surface area is 108 Å². The number of halogens is 1. The number of aryl methyl sites for hydroxylation is 1. The fourth-order valence-electron chi connectivity index (χ4n) is 2.06. The van der Waals surface area contributed by atoms with Crippen LogP contribution in [-0.2, 0) is 6.42 Å². The van der Waals surface area contributed by atoms with Crippen molar-refractivity contribution >= 4 is 11.6 Å². The minimum absolute atomic E-state index is 0.311. The highest BCUT2D eigenvalue weighted by Crippen LogP contribution is 2.38. The van der Waals surface area contributed by atoms with Gasteiger partial charge in [-0.25, -0.2) is 0 Å². The van der Waals surface area contributed by atoms with Gasteiger partial charge in [-0.3, -0.25) is 0 Å². The fraction of sp³-hybridized carbons (Fsp3) is 0.571. The Morgan fingerprint density at radius 2 is 2.06 bits per heavy atom. The third-order valence-electron chi connectivity index (χ3n) is 3.31. The molecule has 0 heterocycles. The summed E-state index contributed by atoms with van der Waals surface area (Å²) in [5.41, 5.74) is 1.18. The molecule has 1 aliphatic carbocycles. The molecule has 0 aliphatic heterocycles. The van der Waals surface area contributed by atoms with Gasteiger partial charge in [0.2, 0.25) is 0 Å². The van der Waals surface area contributed by atoms with Crippen molar-refractivity contribution in [3.05, 3.63) is 23.8 Å². The summed E-state index contributed by atoms with van der Waals surface area (Å²) in [5, 5.41) is 0.311. The lowest BCUT2D eigenvalue weighted by Crippen LogP contribution is -2.04. The smallest absolute Gasteiger partial charge is 0.122 e. The number of hydrogen-bond acceptors (Lipinski definition) is 2. The van der Waals surface area contributed by atoms with Gasteiger partial charge >= 0.3 is 0 Å². The molecule has 2 rings (SSSR count). The molecular weight excluding hydrogens is 236 g/mol. The Bertz CT molecular complexity index is 374. The Morgan fingerprint density at radius 3 is 2.65 bits per heavy atom. The molecule has 3 heteroatoms. The summed E-state index contributed by atoms with van der Waals surface area (Å²) in [7, 11) is 3.38. The van der Waals surface area contributed by atoms with Gasteiger partial charge in [-0.1, -0.05) is 0 Å². The van der Waals surface area contributed by atoms with Crippen LogP contribution in [0.15, 0.2) is 18.2 Å². The Balaban J connectivity index is 2.01. The van der Waals surface area contributed by atoms with Crippen LogP contribution in [0.3, 0.4) is 0 Å². The van der Waals surface area contributed by atoms with Crippen LogP contribution in [0, 0.1) is 5.92 Å². The molecule has 2 nitrogen and oxygen atoms in total. The molecule has 1 aromatic carbocycles. The maximum absolute atomic E-state index is 6.33. The molecule has 0 N–H and O–H groups in total. The van der Waals surface area contributed by atoms with Crippen molar-refractivity contribution in [2.75, 3.05) is 14.2 Å². The number of ether oxygens (including phenoxy) is 2. The maximum Gasteiger partial charge on any atom is 0.122 e. The van der Waals surface area contributed by atoms with E-state index in [1.807, 2.05) is 18.2 Å². The second-order valence-corrected chi connectivity index (χ2v) is 5.13. The number of alkyl halides is 1. The molecule has 0 amide bonds. The molecule has 0 radical (unpaired) electrons. The van der Waals surface area contributed by atoms with Crippen LogP contribution >= 0.6 is 11.6 Å². The average molecular weight is 255 g/mol. The zero-order valence-corrected chi connectivity index (χ0v) is 11.2.